The van der Waals surface area contributed by atoms with Crippen LogP contribution in [0.2, 0.25) is 0 Å². The molecule has 1 aromatic carbocycles. The molecule has 4 fully saturated rings. The molecule has 5 aliphatic carbocycles. The van der Waals surface area contributed by atoms with Crippen molar-refractivity contribution in [1.82, 2.24) is 0 Å². The van der Waals surface area contributed by atoms with E-state index in [2.05, 4.69) is 78.1 Å². The molecule has 0 amide bonds. The number of aliphatic hydroxyl groups is 1. The average Bonchev–Trinajstić information content (AvgIpc) is 2.94. The number of benzene rings is 1. The summed E-state index contributed by atoms with van der Waals surface area (Å²) in [5.41, 5.74) is 1.66. The van der Waals surface area contributed by atoms with Crippen LogP contribution in [-0.2, 0) is 9.59 Å². The van der Waals surface area contributed by atoms with Gasteiger partial charge in [-0.05, 0) is 133 Å². The highest BCUT2D eigenvalue weighted by molar-refractivity contribution is 7.98. The molecular formula is C38H52O4S. The number of carboxylic acids is 1. The zero-order valence-electron chi connectivity index (χ0n) is 27.5. The second kappa shape index (κ2) is 9.82. The molecule has 0 saturated heterocycles. The van der Waals surface area contributed by atoms with E-state index < -0.39 is 17.5 Å². The van der Waals surface area contributed by atoms with E-state index in [1.165, 1.54) is 10.5 Å². The Bertz CT molecular complexity index is 1410. The van der Waals surface area contributed by atoms with E-state index in [4.69, 9.17) is 0 Å². The molecule has 5 aliphatic rings. The Morgan fingerprint density at radius 1 is 0.953 bits per heavy atom. The molecule has 0 unspecified atom stereocenters. The minimum absolute atomic E-state index is 0.0452. The highest BCUT2D eigenvalue weighted by atomic mass is 32.2. The van der Waals surface area contributed by atoms with Crippen LogP contribution in [0.15, 0.2) is 46.4 Å². The van der Waals surface area contributed by atoms with E-state index in [1.807, 2.05) is 13.0 Å². The number of rotatable bonds is 3. The SMILES string of the molecule is CSc1ccc(/C=C2\C[C@]3(C)[C@H]4C(=O)C=C5[C@@H]6C[C@@](C)(C(=O)O)CC[C@]6(C)CC[C@@]5(C)[C@]4(C)CC[C@H]3C(C)(C)[C@H]2O)cc1. The van der Waals surface area contributed by atoms with Crippen LogP contribution in [-0.4, -0.2) is 34.3 Å². The number of hydrogen-bond donors (Lipinski definition) is 2. The molecule has 5 heteroatoms. The van der Waals surface area contributed by atoms with Gasteiger partial charge < -0.3 is 10.2 Å². The smallest absolute Gasteiger partial charge is 0.309 e. The van der Waals surface area contributed by atoms with E-state index in [-0.39, 0.29) is 50.6 Å². The molecule has 0 spiro atoms. The average molecular weight is 605 g/mol. The molecule has 4 nitrogen and oxygen atoms in total. The molecule has 0 heterocycles. The Balaban J connectivity index is 1.45. The summed E-state index contributed by atoms with van der Waals surface area (Å²) in [5.74, 6) is -0.250. The fraction of sp³-hybridized carbons (Fsp3) is 0.684. The molecule has 1 aromatic rings. The Morgan fingerprint density at radius 3 is 2.23 bits per heavy atom. The van der Waals surface area contributed by atoms with Crippen molar-refractivity contribution in [3.63, 3.8) is 0 Å². The molecule has 234 valence electrons. The number of ketones is 1. The topological polar surface area (TPSA) is 74.6 Å². The Morgan fingerprint density at radius 2 is 1.60 bits per heavy atom. The van der Waals surface area contributed by atoms with Crippen molar-refractivity contribution in [3.05, 3.63) is 47.1 Å². The standard InChI is InChI=1S/C38H52O4S/c1-33(2)29-13-14-38(7)30(36(29,5)21-24(31(33)40)19-23-9-11-25(43-8)12-10-23)28(39)20-26-27-22-35(4,32(41)42)16-15-34(27,3)17-18-37(26,38)6/h9-12,19-20,27,29-31,40H,13-18,21-22H2,1-8H3,(H,41,42)/b24-19+/t27-,29-,30+,31-,34+,35-,36-,37+,38+/m0/s1. The third-order valence-electron chi connectivity index (χ3n) is 14.4. The third kappa shape index (κ3) is 4.26. The van der Waals surface area contributed by atoms with E-state index >= 15 is 0 Å². The lowest BCUT2D eigenvalue weighted by Crippen LogP contribution is -2.67. The maximum atomic E-state index is 14.7. The van der Waals surface area contributed by atoms with Crippen LogP contribution in [0.3, 0.4) is 0 Å². The number of fused-ring (bicyclic) bond motifs is 7. The van der Waals surface area contributed by atoms with Crippen LogP contribution in [0.1, 0.15) is 105 Å². The highest BCUT2D eigenvalue weighted by Gasteiger charge is 2.70. The summed E-state index contributed by atoms with van der Waals surface area (Å²) in [6.07, 6.45) is 12.8. The number of carboxylic acid groups (broad SMARTS) is 1. The van der Waals surface area contributed by atoms with Crippen molar-refractivity contribution in [2.75, 3.05) is 6.26 Å². The zero-order valence-corrected chi connectivity index (χ0v) is 28.4. The van der Waals surface area contributed by atoms with Gasteiger partial charge in [-0.2, -0.15) is 0 Å². The van der Waals surface area contributed by atoms with E-state index in [1.54, 1.807) is 11.8 Å². The van der Waals surface area contributed by atoms with Gasteiger partial charge in [0.15, 0.2) is 5.78 Å². The molecule has 0 aromatic heterocycles. The second-order valence-corrected chi connectivity index (χ2v) is 17.8. The zero-order chi connectivity index (χ0) is 31.4. The quantitative estimate of drug-likeness (QED) is 0.337. The largest absolute Gasteiger partial charge is 0.481 e. The van der Waals surface area contributed by atoms with Crippen LogP contribution in [0.5, 0.6) is 0 Å². The first-order valence-electron chi connectivity index (χ1n) is 16.5. The van der Waals surface area contributed by atoms with Gasteiger partial charge in [0.1, 0.15) is 0 Å². The fourth-order valence-electron chi connectivity index (χ4n) is 11.5. The normalized spacial score (nSPS) is 46.2. The molecule has 0 radical (unpaired) electrons. The summed E-state index contributed by atoms with van der Waals surface area (Å²) in [6, 6.07) is 8.53. The maximum absolute atomic E-state index is 14.7. The van der Waals surface area contributed by atoms with Crippen LogP contribution in [0.4, 0.5) is 0 Å². The number of carbonyl (C=O) groups is 2. The van der Waals surface area contributed by atoms with Crippen LogP contribution < -0.4 is 0 Å². The number of hydrogen-bond acceptors (Lipinski definition) is 4. The molecule has 9 atom stereocenters. The predicted molar refractivity (Wildman–Crippen MR) is 175 cm³/mol. The van der Waals surface area contributed by atoms with Crippen molar-refractivity contribution in [1.29, 1.82) is 0 Å². The van der Waals surface area contributed by atoms with Crippen LogP contribution in [0, 0.1) is 50.2 Å². The molecule has 0 aliphatic heterocycles. The summed E-state index contributed by atoms with van der Waals surface area (Å²) in [4.78, 5) is 28.4. The maximum Gasteiger partial charge on any atom is 0.309 e. The minimum atomic E-state index is -0.745. The van der Waals surface area contributed by atoms with Gasteiger partial charge >= 0.3 is 5.97 Å². The summed E-state index contributed by atoms with van der Waals surface area (Å²) in [7, 11) is 0. The lowest BCUT2D eigenvalue weighted by atomic mass is 9.33. The van der Waals surface area contributed by atoms with Gasteiger partial charge in [-0.15, -0.1) is 11.8 Å². The fourth-order valence-corrected chi connectivity index (χ4v) is 11.9. The number of thioether (sulfide) groups is 1. The summed E-state index contributed by atoms with van der Waals surface area (Å²) >= 11 is 1.72. The second-order valence-electron chi connectivity index (χ2n) is 17.0. The Kier molecular flexibility index (Phi) is 7.12. The predicted octanol–water partition coefficient (Wildman–Crippen LogP) is 8.83. The van der Waals surface area contributed by atoms with Crippen LogP contribution in [0.25, 0.3) is 6.08 Å². The van der Waals surface area contributed by atoms with Crippen molar-refractivity contribution in [2.45, 2.75) is 111 Å². The lowest BCUT2D eigenvalue weighted by Gasteiger charge is -2.70. The van der Waals surface area contributed by atoms with Gasteiger partial charge in [-0.1, -0.05) is 65.3 Å². The summed E-state index contributed by atoms with van der Waals surface area (Å²) < 4.78 is 0. The van der Waals surface area contributed by atoms with E-state index in [9.17, 15) is 19.8 Å². The van der Waals surface area contributed by atoms with Gasteiger partial charge in [0.2, 0.25) is 0 Å². The number of aliphatic carboxylic acids is 1. The van der Waals surface area contributed by atoms with E-state index in [0.29, 0.717) is 12.8 Å². The number of aliphatic hydroxyl groups excluding tert-OH is 1. The first kappa shape index (κ1) is 31.1. The molecular weight excluding hydrogens is 552 g/mol. The first-order chi connectivity index (χ1) is 19.9. The molecule has 0 bridgehead atoms. The van der Waals surface area contributed by atoms with Gasteiger partial charge in [0.25, 0.3) is 0 Å². The van der Waals surface area contributed by atoms with Gasteiger partial charge in [0, 0.05) is 10.8 Å². The Labute approximate surface area is 263 Å². The van der Waals surface area contributed by atoms with Crippen molar-refractivity contribution in [2.24, 2.45) is 50.2 Å². The molecule has 43 heavy (non-hydrogen) atoms. The molecule has 2 N–H and O–H groups in total. The van der Waals surface area contributed by atoms with Gasteiger partial charge in [-0.25, -0.2) is 0 Å². The van der Waals surface area contributed by atoms with E-state index in [0.717, 1.165) is 49.7 Å². The Hall–Kier alpha value is -1.85. The highest BCUT2D eigenvalue weighted by Crippen LogP contribution is 2.75. The van der Waals surface area contributed by atoms with Gasteiger partial charge in [0.05, 0.1) is 11.5 Å². The number of carbonyl (C=O) groups excluding carboxylic acids is 1. The molecule has 6 rings (SSSR count). The van der Waals surface area contributed by atoms with Gasteiger partial charge in [-0.3, -0.25) is 9.59 Å². The minimum Gasteiger partial charge on any atom is -0.481 e. The summed E-state index contributed by atoms with van der Waals surface area (Å²) in [5, 5.41) is 22.0. The first-order valence-corrected chi connectivity index (χ1v) is 17.7. The van der Waals surface area contributed by atoms with Crippen molar-refractivity contribution >= 4 is 29.6 Å². The van der Waals surface area contributed by atoms with Crippen LogP contribution >= 0.6 is 11.8 Å². The molecule has 4 saturated carbocycles. The lowest BCUT2D eigenvalue weighted by molar-refractivity contribution is -0.191. The monoisotopic (exact) mass is 604 g/mol. The van der Waals surface area contributed by atoms with Crippen molar-refractivity contribution < 1.29 is 19.8 Å². The summed E-state index contributed by atoms with van der Waals surface area (Å²) in [6.45, 7) is 15.9. The van der Waals surface area contributed by atoms with Crippen molar-refractivity contribution in [3.8, 4) is 0 Å². The number of allylic oxidation sites excluding steroid dienone is 2. The third-order valence-corrected chi connectivity index (χ3v) is 15.1.